The molecule has 1 aromatic carbocycles. The number of alkyl halides is 3. The van der Waals surface area contributed by atoms with E-state index in [0.717, 1.165) is 18.3 Å². The standard InChI is InChI=1S/C27H24ClF3N8O3/c1-3-41-18-8-15(26(40)36-21-9-16(6-7-34-21)27(29,30)31)4-5-17(18)22-23-24(33)35-10-20(28)39(23)25(37-22)19-11-38(13-32)14(2)12-42-19/h4-10,14,19H,3,11-12H2,1-2H3,(H2,33,35)(H,34,36,40)/t14-,19+/m0/s1. The fourth-order valence-electron chi connectivity index (χ4n) is 4.59. The molecule has 1 saturated heterocycles. The number of anilines is 2. The normalized spacial score (nSPS) is 17.2. The van der Waals surface area contributed by atoms with Gasteiger partial charge in [-0.1, -0.05) is 11.6 Å². The van der Waals surface area contributed by atoms with Crippen LogP contribution in [0.3, 0.4) is 0 Å². The molecule has 1 fully saturated rings. The number of amides is 1. The van der Waals surface area contributed by atoms with Crippen LogP contribution in [0.4, 0.5) is 24.8 Å². The van der Waals surface area contributed by atoms with E-state index < -0.39 is 23.8 Å². The van der Waals surface area contributed by atoms with Gasteiger partial charge in [-0.2, -0.15) is 18.4 Å². The second-order valence-corrected chi connectivity index (χ2v) is 9.80. The zero-order valence-corrected chi connectivity index (χ0v) is 23.1. The number of nitrogens with zero attached hydrogens (tertiary/aromatic N) is 6. The number of ether oxygens (including phenoxy) is 2. The summed E-state index contributed by atoms with van der Waals surface area (Å²) in [4.78, 5) is 27.4. The molecule has 1 aliphatic heterocycles. The van der Waals surface area contributed by atoms with Gasteiger partial charge < -0.3 is 25.4 Å². The van der Waals surface area contributed by atoms with Gasteiger partial charge in [0.05, 0.1) is 37.6 Å². The van der Waals surface area contributed by atoms with Gasteiger partial charge in [0.25, 0.3) is 5.91 Å². The van der Waals surface area contributed by atoms with Gasteiger partial charge in [-0.3, -0.25) is 9.20 Å². The fourth-order valence-corrected chi connectivity index (χ4v) is 4.81. The molecule has 1 amide bonds. The largest absolute Gasteiger partial charge is 0.493 e. The van der Waals surface area contributed by atoms with E-state index in [1.165, 1.54) is 18.3 Å². The first-order valence-electron chi connectivity index (χ1n) is 12.7. The minimum atomic E-state index is -4.59. The molecule has 0 saturated carbocycles. The van der Waals surface area contributed by atoms with Crippen LogP contribution in [0.2, 0.25) is 5.15 Å². The summed E-state index contributed by atoms with van der Waals surface area (Å²) < 4.78 is 52.8. The Bertz CT molecular complexity index is 1700. The summed E-state index contributed by atoms with van der Waals surface area (Å²) in [5.41, 5.74) is 6.61. The fraction of sp³-hybridized carbons (Fsp3) is 0.296. The summed E-state index contributed by atoms with van der Waals surface area (Å²) in [6, 6.07) is 5.93. The number of rotatable bonds is 6. The molecule has 3 N–H and O–H groups in total. The number of imidazole rings is 1. The van der Waals surface area contributed by atoms with E-state index in [0.29, 0.717) is 22.6 Å². The Kier molecular flexibility index (Phi) is 7.81. The molecule has 15 heteroatoms. The van der Waals surface area contributed by atoms with Crippen molar-refractivity contribution in [2.75, 3.05) is 30.8 Å². The van der Waals surface area contributed by atoms with Gasteiger partial charge >= 0.3 is 6.18 Å². The monoisotopic (exact) mass is 600 g/mol. The van der Waals surface area contributed by atoms with Crippen LogP contribution < -0.4 is 15.8 Å². The van der Waals surface area contributed by atoms with E-state index in [2.05, 4.69) is 21.5 Å². The second kappa shape index (κ2) is 11.3. The topological polar surface area (TPSA) is 144 Å². The van der Waals surface area contributed by atoms with Crippen molar-refractivity contribution in [3.05, 3.63) is 64.8 Å². The van der Waals surface area contributed by atoms with E-state index in [9.17, 15) is 23.2 Å². The Balaban J connectivity index is 1.56. The molecule has 3 aromatic heterocycles. The van der Waals surface area contributed by atoms with Gasteiger partial charge in [-0.25, -0.2) is 15.0 Å². The van der Waals surface area contributed by atoms with Gasteiger partial charge in [0.2, 0.25) is 0 Å². The number of nitrogen functional groups attached to an aromatic ring is 1. The highest BCUT2D eigenvalue weighted by Gasteiger charge is 2.33. The predicted octanol–water partition coefficient (Wildman–Crippen LogP) is 4.94. The maximum absolute atomic E-state index is 13.1. The summed E-state index contributed by atoms with van der Waals surface area (Å²) in [6.07, 6.45) is -0.707. The van der Waals surface area contributed by atoms with Crippen molar-refractivity contribution in [1.82, 2.24) is 24.3 Å². The van der Waals surface area contributed by atoms with Crippen molar-refractivity contribution in [1.29, 1.82) is 5.26 Å². The number of carbonyl (C=O) groups is 1. The molecule has 5 rings (SSSR count). The third kappa shape index (κ3) is 5.48. The highest BCUT2D eigenvalue weighted by Crippen LogP contribution is 2.39. The van der Waals surface area contributed by atoms with Crippen LogP contribution in [-0.2, 0) is 10.9 Å². The van der Waals surface area contributed by atoms with Gasteiger partial charge in [-0.15, -0.1) is 0 Å². The number of pyridine rings is 1. The number of aromatic nitrogens is 4. The number of benzene rings is 1. The summed E-state index contributed by atoms with van der Waals surface area (Å²) >= 11 is 6.55. The van der Waals surface area contributed by atoms with E-state index in [1.807, 2.05) is 6.92 Å². The first kappa shape index (κ1) is 28.9. The Morgan fingerprint density at radius 1 is 1.31 bits per heavy atom. The molecule has 42 heavy (non-hydrogen) atoms. The lowest BCUT2D eigenvalue weighted by Crippen LogP contribution is -2.42. The summed E-state index contributed by atoms with van der Waals surface area (Å²) in [7, 11) is 0. The minimum Gasteiger partial charge on any atom is -0.493 e. The summed E-state index contributed by atoms with van der Waals surface area (Å²) in [5, 5.41) is 12.2. The third-order valence-corrected chi connectivity index (χ3v) is 6.91. The first-order valence-corrected chi connectivity index (χ1v) is 13.1. The van der Waals surface area contributed by atoms with Crippen LogP contribution in [0.15, 0.2) is 42.7 Å². The maximum Gasteiger partial charge on any atom is 0.416 e. The highest BCUT2D eigenvalue weighted by atomic mass is 35.5. The maximum atomic E-state index is 13.1. The molecule has 0 aliphatic carbocycles. The van der Waals surface area contributed by atoms with Crippen LogP contribution in [0.1, 0.15) is 41.7 Å². The van der Waals surface area contributed by atoms with E-state index in [-0.39, 0.29) is 53.9 Å². The van der Waals surface area contributed by atoms with Gasteiger partial charge in [0.1, 0.15) is 45.7 Å². The van der Waals surface area contributed by atoms with Crippen LogP contribution in [0.25, 0.3) is 16.8 Å². The zero-order chi connectivity index (χ0) is 30.2. The highest BCUT2D eigenvalue weighted by molar-refractivity contribution is 6.30. The molecular weight excluding hydrogens is 577 g/mol. The Hall–Kier alpha value is -4.61. The lowest BCUT2D eigenvalue weighted by Gasteiger charge is -2.33. The Morgan fingerprint density at radius 2 is 2.10 bits per heavy atom. The van der Waals surface area contributed by atoms with Crippen molar-refractivity contribution in [3.8, 4) is 23.2 Å². The smallest absolute Gasteiger partial charge is 0.416 e. The molecule has 4 heterocycles. The lowest BCUT2D eigenvalue weighted by molar-refractivity contribution is -0.137. The van der Waals surface area contributed by atoms with Crippen molar-refractivity contribution in [2.45, 2.75) is 32.2 Å². The number of nitrogens with two attached hydrogens (primary N) is 1. The number of halogens is 4. The molecule has 4 aromatic rings. The first-order chi connectivity index (χ1) is 20.0. The summed E-state index contributed by atoms with van der Waals surface area (Å²) in [5.74, 6) is -0.191. The number of nitriles is 1. The molecule has 218 valence electrons. The molecule has 0 spiro atoms. The average Bonchev–Trinajstić information content (AvgIpc) is 3.37. The molecule has 0 unspecified atom stereocenters. The Morgan fingerprint density at radius 3 is 2.81 bits per heavy atom. The van der Waals surface area contributed by atoms with E-state index in [4.69, 9.17) is 31.8 Å². The number of hydrogen-bond acceptors (Lipinski definition) is 9. The molecule has 2 atom stereocenters. The van der Waals surface area contributed by atoms with Gasteiger partial charge in [-0.05, 0) is 44.2 Å². The van der Waals surface area contributed by atoms with Crippen LogP contribution in [0, 0.1) is 11.5 Å². The number of morpholine rings is 1. The number of nitrogens with one attached hydrogen (secondary N) is 1. The van der Waals surface area contributed by atoms with E-state index >= 15 is 0 Å². The quantitative estimate of drug-likeness (QED) is 0.294. The molecule has 11 nitrogen and oxygen atoms in total. The van der Waals surface area contributed by atoms with Crippen molar-refractivity contribution in [2.24, 2.45) is 0 Å². The number of carbonyl (C=O) groups excluding carboxylic acids is 1. The lowest BCUT2D eigenvalue weighted by atomic mass is 10.1. The molecule has 1 aliphatic rings. The van der Waals surface area contributed by atoms with Crippen LogP contribution in [0.5, 0.6) is 5.75 Å². The van der Waals surface area contributed by atoms with Crippen LogP contribution in [-0.4, -0.2) is 56.0 Å². The van der Waals surface area contributed by atoms with E-state index in [1.54, 1.807) is 22.3 Å². The van der Waals surface area contributed by atoms with Crippen molar-refractivity contribution in [3.63, 3.8) is 0 Å². The molecule has 0 radical (unpaired) electrons. The number of hydrogen-bond donors (Lipinski definition) is 2. The average molecular weight is 601 g/mol. The van der Waals surface area contributed by atoms with Crippen LogP contribution >= 0.6 is 11.6 Å². The van der Waals surface area contributed by atoms with Crippen molar-refractivity contribution < 1.29 is 27.4 Å². The van der Waals surface area contributed by atoms with Crippen molar-refractivity contribution >= 4 is 34.7 Å². The minimum absolute atomic E-state index is 0.101. The van der Waals surface area contributed by atoms with Gasteiger partial charge in [0, 0.05) is 17.3 Å². The third-order valence-electron chi connectivity index (χ3n) is 6.65. The number of fused-ring (bicyclic) bond motifs is 1. The zero-order valence-electron chi connectivity index (χ0n) is 22.3. The predicted molar refractivity (Wildman–Crippen MR) is 147 cm³/mol. The molecular formula is C27H24ClF3N8O3. The Labute approximate surface area is 242 Å². The van der Waals surface area contributed by atoms with Gasteiger partial charge in [0.15, 0.2) is 6.19 Å². The second-order valence-electron chi connectivity index (χ2n) is 9.42. The summed E-state index contributed by atoms with van der Waals surface area (Å²) in [6.45, 7) is 4.37. The SMILES string of the molecule is CCOc1cc(C(=O)Nc2cc(C(F)(F)F)ccn2)ccc1-c1nc([C@H]2CN(C#N)[C@@H](C)CO2)n2c(Cl)cnc(N)c12. The molecule has 0 bridgehead atoms.